The molecule has 416 valence electrons. The Kier molecular flexibility index (Phi) is 26.2. The number of phenolic OH excluding ortho intramolecular Hbond substituents is 1. The molecule has 0 spiro atoms. The molecular formula is C50H78N12O12S. The molecule has 1 aliphatic rings. The Morgan fingerprint density at radius 3 is 2.01 bits per heavy atom. The average Bonchev–Trinajstić information content (AvgIpc) is 4.08. The number of unbranched alkanes of at least 4 members (excludes halogenated alkanes) is 1. The van der Waals surface area contributed by atoms with Gasteiger partial charge in [-0.15, -0.1) is 12.6 Å². The van der Waals surface area contributed by atoms with Gasteiger partial charge in [0.05, 0.1) is 18.9 Å². The minimum Gasteiger partial charge on any atom is -0.508 e. The lowest BCUT2D eigenvalue weighted by molar-refractivity contribution is -0.144. The summed E-state index contributed by atoms with van der Waals surface area (Å²) in [5.41, 5.74) is 13.0. The first-order valence-electron chi connectivity index (χ1n) is 25.5. The molecule has 9 atom stereocenters. The maximum absolute atomic E-state index is 14.4. The fourth-order valence-electron chi connectivity index (χ4n) is 8.29. The Balaban J connectivity index is 1.79. The number of nitrogens with zero attached hydrogens (tertiary/aromatic N) is 2. The molecule has 2 aromatic rings. The number of amides is 8. The van der Waals surface area contributed by atoms with Gasteiger partial charge in [0.25, 0.3) is 0 Å². The first-order valence-corrected chi connectivity index (χ1v) is 25.9. The lowest BCUT2D eigenvalue weighted by atomic mass is 9.97. The minimum atomic E-state index is -1.47. The number of imidazole rings is 1. The number of aromatic amines is 1. The topological polar surface area (TPSA) is 379 Å². The number of benzene rings is 1. The normalized spacial score (nSPS) is 16.5. The number of aliphatic carboxylic acids is 1. The van der Waals surface area contributed by atoms with Crippen LogP contribution >= 0.6 is 12.6 Å². The lowest BCUT2D eigenvalue weighted by Gasteiger charge is -2.31. The highest BCUT2D eigenvalue weighted by Crippen LogP contribution is 2.21. The van der Waals surface area contributed by atoms with Crippen LogP contribution in [0.15, 0.2) is 36.8 Å². The van der Waals surface area contributed by atoms with E-state index in [0.29, 0.717) is 36.9 Å². The van der Waals surface area contributed by atoms with Gasteiger partial charge in [0.2, 0.25) is 52.4 Å². The smallest absolute Gasteiger partial charge is 0.303 e. The van der Waals surface area contributed by atoms with Crippen LogP contribution in [0.5, 0.6) is 5.75 Å². The fourth-order valence-corrected chi connectivity index (χ4v) is 8.45. The molecule has 0 saturated carbocycles. The summed E-state index contributed by atoms with van der Waals surface area (Å²) in [5.74, 6) is -7.86. The van der Waals surface area contributed by atoms with Gasteiger partial charge in [-0.2, -0.15) is 0 Å². The molecule has 1 saturated heterocycles. The van der Waals surface area contributed by atoms with Crippen molar-refractivity contribution in [2.45, 2.75) is 161 Å². The number of thiol groups is 1. The van der Waals surface area contributed by atoms with Crippen LogP contribution in [0.4, 0.5) is 0 Å². The molecule has 1 aromatic carbocycles. The highest BCUT2D eigenvalue weighted by molar-refractivity contribution is 7.96. The van der Waals surface area contributed by atoms with Gasteiger partial charge in [-0.1, -0.05) is 60.1 Å². The summed E-state index contributed by atoms with van der Waals surface area (Å²) in [6.45, 7) is 10.4. The lowest BCUT2D eigenvalue weighted by Crippen LogP contribution is -2.60. The molecule has 1 aromatic heterocycles. The third-order valence-electron chi connectivity index (χ3n) is 12.9. The van der Waals surface area contributed by atoms with Gasteiger partial charge in [-0.25, -0.2) is 4.98 Å². The van der Waals surface area contributed by atoms with E-state index in [4.69, 9.17) is 11.5 Å². The number of phenols is 1. The van der Waals surface area contributed by atoms with E-state index < -0.39 is 126 Å². The summed E-state index contributed by atoms with van der Waals surface area (Å²) in [6, 6.07) is -3.48. The zero-order chi connectivity index (χ0) is 55.9. The zero-order valence-corrected chi connectivity index (χ0v) is 44.6. The molecule has 1 fully saturated rings. The maximum Gasteiger partial charge on any atom is 0.303 e. The van der Waals surface area contributed by atoms with Crippen LogP contribution < -0.4 is 48.7 Å². The molecule has 2 heterocycles. The molecule has 75 heavy (non-hydrogen) atoms. The number of carboxylic acid groups (broad SMARTS) is 1. The summed E-state index contributed by atoms with van der Waals surface area (Å²) >= 11 is 3.88. The van der Waals surface area contributed by atoms with Crippen molar-refractivity contribution >= 4 is 71.0 Å². The zero-order valence-electron chi connectivity index (χ0n) is 43.7. The molecule has 0 aliphatic carbocycles. The van der Waals surface area contributed by atoms with Crippen molar-refractivity contribution < 1.29 is 58.2 Å². The van der Waals surface area contributed by atoms with Gasteiger partial charge in [-0.3, -0.25) is 47.9 Å². The molecule has 0 bridgehead atoms. The summed E-state index contributed by atoms with van der Waals surface area (Å²) in [7, 11) is 0. The fraction of sp³-hybridized carbons (Fsp3) is 0.620. The van der Waals surface area contributed by atoms with E-state index >= 15 is 0 Å². The maximum atomic E-state index is 14.4. The summed E-state index contributed by atoms with van der Waals surface area (Å²) < 4.78 is 0. The van der Waals surface area contributed by atoms with Crippen molar-refractivity contribution in [3.05, 3.63) is 48.0 Å². The molecule has 24 nitrogen and oxygen atoms in total. The number of carboxylic acids is 1. The van der Waals surface area contributed by atoms with Crippen molar-refractivity contribution in [1.82, 2.24) is 52.1 Å². The Hall–Kier alpha value is -6.60. The number of aromatic hydroxyl groups is 1. The molecular weight excluding hydrogens is 993 g/mol. The van der Waals surface area contributed by atoms with Gasteiger partial charge in [0, 0.05) is 37.7 Å². The van der Waals surface area contributed by atoms with E-state index in [9.17, 15) is 58.2 Å². The van der Waals surface area contributed by atoms with Crippen molar-refractivity contribution in [1.29, 1.82) is 0 Å². The van der Waals surface area contributed by atoms with Crippen LogP contribution in [-0.2, 0) is 60.8 Å². The molecule has 3 rings (SSSR count). The summed E-state index contributed by atoms with van der Waals surface area (Å²) in [6.07, 6.45) is 4.08. The number of nitrogens with one attached hydrogen (secondary N) is 8. The van der Waals surface area contributed by atoms with E-state index in [1.807, 2.05) is 27.7 Å². The number of aromatic nitrogens is 2. The van der Waals surface area contributed by atoms with Crippen LogP contribution in [0.2, 0.25) is 0 Å². The van der Waals surface area contributed by atoms with E-state index in [1.54, 1.807) is 26.0 Å². The number of carbonyl (C=O) groups excluding carboxylic acids is 9. The van der Waals surface area contributed by atoms with Gasteiger partial charge in [0.15, 0.2) is 0 Å². The van der Waals surface area contributed by atoms with Crippen molar-refractivity contribution in [3.63, 3.8) is 0 Å². The molecule has 25 heteroatoms. The third-order valence-corrected chi connectivity index (χ3v) is 13.2. The van der Waals surface area contributed by atoms with Gasteiger partial charge < -0.3 is 68.8 Å². The summed E-state index contributed by atoms with van der Waals surface area (Å²) in [4.78, 5) is 142. The number of nitrogens with two attached hydrogens (primary N) is 2. The van der Waals surface area contributed by atoms with E-state index in [2.05, 4.69) is 59.8 Å². The van der Waals surface area contributed by atoms with Gasteiger partial charge in [0.1, 0.15) is 48.0 Å². The molecule has 0 unspecified atom stereocenters. The molecule has 14 N–H and O–H groups in total. The monoisotopic (exact) mass is 1070 g/mol. The first-order chi connectivity index (χ1) is 35.4. The standard InChI is InChI=1S/C50H78N12O12S/c1-7-29(6)41(52)47(71)59-35(21-27(2)3)45(69)57-33(11-8-9-19-51)44(68)58-34(17-18-40(65)66)49(73)62-20-10-12-38(62)46(70)61-42(28(4)5)48(72)60-36(23-31-24-53-26-55-31)43(67)54-25-39(64)56-37(50(74)75)22-30-13-15-32(63)16-14-30/h13-16,24,26-29,33-38,41-42,63H,7-12,17-23,25,51-52H2,1-6H3,(H,53,55)(H,54,67)(H,56,64)(H,57,69)(H,58,68)(H,59,71)(H,60,72)(H,61,70)(H,65,66)(H,74,75)/t29-,33-,34-,35-,36-,37-,38-,41-,42-/m0/s1. The number of likely N-dealkylation sites (tertiary alicyclic amines) is 1. The molecule has 1 aliphatic heterocycles. The predicted octanol–water partition coefficient (Wildman–Crippen LogP) is -0.558. The van der Waals surface area contributed by atoms with Crippen molar-refractivity contribution in [2.24, 2.45) is 29.2 Å². The highest BCUT2D eigenvalue weighted by Gasteiger charge is 2.41. The second-order valence-corrected chi connectivity index (χ2v) is 20.2. The van der Waals surface area contributed by atoms with Crippen molar-refractivity contribution in [2.75, 3.05) is 19.6 Å². The van der Waals surface area contributed by atoms with Crippen LogP contribution in [0.25, 0.3) is 0 Å². The second kappa shape index (κ2) is 31.3. The highest BCUT2D eigenvalue weighted by atomic mass is 32.1. The number of carbonyl (C=O) groups is 10. The third kappa shape index (κ3) is 20.9. The van der Waals surface area contributed by atoms with Crippen molar-refractivity contribution in [3.8, 4) is 5.75 Å². The number of rotatable bonds is 32. The largest absolute Gasteiger partial charge is 0.508 e. The Morgan fingerprint density at radius 1 is 0.787 bits per heavy atom. The van der Waals surface area contributed by atoms with Crippen LogP contribution in [0.1, 0.15) is 111 Å². The second-order valence-electron chi connectivity index (χ2n) is 19.8. The Bertz CT molecular complexity index is 2250. The first kappa shape index (κ1) is 62.7. The number of hydrogen-bond donors (Lipinski definition) is 13. The van der Waals surface area contributed by atoms with Crippen LogP contribution in [0.3, 0.4) is 0 Å². The van der Waals surface area contributed by atoms with Crippen LogP contribution in [-0.4, -0.2) is 151 Å². The van der Waals surface area contributed by atoms with E-state index in [1.165, 1.54) is 29.6 Å². The van der Waals surface area contributed by atoms with Gasteiger partial charge >= 0.3 is 5.97 Å². The molecule has 0 radical (unpaired) electrons. The Labute approximate surface area is 443 Å². The average molecular weight is 1070 g/mol. The SMILES string of the molecule is CC[C@H](C)[C@H](N)C(=O)N[C@@H](CC(C)C)C(=O)N[C@@H](CCCCN)C(=O)N[C@@H](CCC(=O)O)C(=O)N1CCC[C@H]1C(=O)N[C@H](C(=O)N[C@@H](Cc1cnc[nH]1)C(=O)NCC(=O)N[C@@H](Cc1ccc(O)cc1)C(=O)S)C(C)C. The number of H-pyrrole nitrogens is 1. The number of hydrogen-bond acceptors (Lipinski definition) is 14. The Morgan fingerprint density at radius 2 is 1.43 bits per heavy atom. The van der Waals surface area contributed by atoms with Gasteiger partial charge in [-0.05, 0) is 86.9 Å². The van der Waals surface area contributed by atoms with E-state index in [0.717, 1.165) is 0 Å². The predicted molar refractivity (Wildman–Crippen MR) is 279 cm³/mol. The quantitative estimate of drug-likeness (QED) is 0.0323. The van der Waals surface area contributed by atoms with Crippen LogP contribution in [0, 0.1) is 17.8 Å². The minimum absolute atomic E-state index is 0.0140. The summed E-state index contributed by atoms with van der Waals surface area (Å²) in [5, 5.41) is 37.0. The molecule has 8 amide bonds. The van der Waals surface area contributed by atoms with E-state index in [-0.39, 0.29) is 69.2 Å².